The third kappa shape index (κ3) is 3.87. The van der Waals surface area contributed by atoms with E-state index in [4.69, 9.17) is 25.6 Å². The second kappa shape index (κ2) is 9.02. The maximum Gasteiger partial charge on any atom is 0.260 e. The SMILES string of the molecule is COc1cc(C(O)=C2C(=O)Nc3cc(Cl)c(-c4ccc(N5CCOCC5CO)cc4)cc32)on1. The average Bonchev–Trinajstić information content (AvgIpc) is 3.47. The number of anilines is 2. The molecule has 9 nitrogen and oxygen atoms in total. The molecule has 1 atom stereocenters. The van der Waals surface area contributed by atoms with E-state index < -0.39 is 5.91 Å². The molecule has 3 heterocycles. The van der Waals surface area contributed by atoms with Gasteiger partial charge in [0, 0.05) is 23.4 Å². The summed E-state index contributed by atoms with van der Waals surface area (Å²) in [6, 6.07) is 12.5. The van der Waals surface area contributed by atoms with Crippen molar-refractivity contribution in [2.75, 3.05) is 43.7 Å². The number of carbonyl (C=O) groups is 1. The Bertz CT molecular complexity index is 1270. The fraction of sp³-hybridized carbons (Fsp3) is 0.250. The molecule has 0 spiro atoms. The first-order valence-electron chi connectivity index (χ1n) is 10.7. The number of aliphatic hydroxyl groups is 2. The van der Waals surface area contributed by atoms with Gasteiger partial charge < -0.3 is 34.4 Å². The largest absolute Gasteiger partial charge is 0.504 e. The van der Waals surface area contributed by atoms with Crippen molar-refractivity contribution in [2.45, 2.75) is 6.04 Å². The van der Waals surface area contributed by atoms with Gasteiger partial charge in [-0.05, 0) is 35.0 Å². The summed E-state index contributed by atoms with van der Waals surface area (Å²) in [5.74, 6) is -0.632. The summed E-state index contributed by atoms with van der Waals surface area (Å²) >= 11 is 6.56. The summed E-state index contributed by atoms with van der Waals surface area (Å²) < 4.78 is 15.5. The Hall–Kier alpha value is -3.53. The van der Waals surface area contributed by atoms with Crippen molar-refractivity contribution < 1.29 is 29.0 Å². The number of aliphatic hydroxyl groups excluding tert-OH is 2. The fourth-order valence-corrected chi connectivity index (χ4v) is 4.49. The van der Waals surface area contributed by atoms with E-state index in [1.54, 1.807) is 12.1 Å². The van der Waals surface area contributed by atoms with E-state index in [9.17, 15) is 15.0 Å². The predicted octanol–water partition coefficient (Wildman–Crippen LogP) is 3.58. The highest BCUT2D eigenvalue weighted by molar-refractivity contribution is 6.38. The van der Waals surface area contributed by atoms with Crippen molar-refractivity contribution in [3.05, 3.63) is 58.8 Å². The summed E-state index contributed by atoms with van der Waals surface area (Å²) in [6.45, 7) is 1.78. The highest BCUT2D eigenvalue weighted by Gasteiger charge is 2.31. The lowest BCUT2D eigenvalue weighted by Crippen LogP contribution is -2.47. The third-order valence-corrected chi connectivity index (χ3v) is 6.28. The monoisotopic (exact) mass is 483 g/mol. The molecule has 1 fully saturated rings. The molecule has 0 radical (unpaired) electrons. The summed E-state index contributed by atoms with van der Waals surface area (Å²) in [6.07, 6.45) is 0. The van der Waals surface area contributed by atoms with Gasteiger partial charge in [-0.25, -0.2) is 0 Å². The van der Waals surface area contributed by atoms with Gasteiger partial charge in [0.25, 0.3) is 11.8 Å². The number of aromatic nitrogens is 1. The second-order valence-corrected chi connectivity index (χ2v) is 8.35. The summed E-state index contributed by atoms with van der Waals surface area (Å²) in [5, 5.41) is 27.3. The first-order valence-corrected chi connectivity index (χ1v) is 11.0. The van der Waals surface area contributed by atoms with Crippen LogP contribution in [0.4, 0.5) is 11.4 Å². The van der Waals surface area contributed by atoms with E-state index in [2.05, 4.69) is 15.4 Å². The number of benzene rings is 2. The van der Waals surface area contributed by atoms with Crippen molar-refractivity contribution in [3.8, 4) is 17.0 Å². The average molecular weight is 484 g/mol. The molecule has 1 unspecified atom stereocenters. The number of halogens is 1. The molecular weight excluding hydrogens is 462 g/mol. The van der Waals surface area contributed by atoms with Crippen LogP contribution in [-0.2, 0) is 9.53 Å². The van der Waals surface area contributed by atoms with Gasteiger partial charge >= 0.3 is 0 Å². The molecule has 10 heteroatoms. The predicted molar refractivity (Wildman–Crippen MR) is 127 cm³/mol. The minimum atomic E-state index is -0.478. The number of nitrogens with one attached hydrogen (secondary N) is 1. The van der Waals surface area contributed by atoms with Gasteiger partial charge in [-0.2, -0.15) is 0 Å². The number of carbonyl (C=O) groups excluding carboxylic acids is 1. The van der Waals surface area contributed by atoms with Crippen LogP contribution < -0.4 is 15.0 Å². The number of hydrogen-bond donors (Lipinski definition) is 3. The number of fused-ring (bicyclic) bond motifs is 1. The molecule has 1 aromatic heterocycles. The molecule has 0 bridgehead atoms. The van der Waals surface area contributed by atoms with Crippen LogP contribution in [0.5, 0.6) is 5.88 Å². The van der Waals surface area contributed by atoms with Gasteiger partial charge in [0.15, 0.2) is 5.76 Å². The smallest absolute Gasteiger partial charge is 0.260 e. The van der Waals surface area contributed by atoms with E-state index in [0.29, 0.717) is 41.6 Å². The Balaban J connectivity index is 1.51. The molecule has 3 N–H and O–H groups in total. The molecule has 0 saturated carbocycles. The Labute approximate surface area is 200 Å². The van der Waals surface area contributed by atoms with Gasteiger partial charge in [0.1, 0.15) is 0 Å². The first-order chi connectivity index (χ1) is 16.5. The quantitative estimate of drug-likeness (QED) is 0.372. The highest BCUT2D eigenvalue weighted by Crippen LogP contribution is 2.42. The van der Waals surface area contributed by atoms with Crippen LogP contribution in [0, 0.1) is 0 Å². The standard InChI is InChI=1S/C24H22ClN3O6/c1-32-21-10-20(34-27-21)23(30)22-17-8-16(18(25)9-19(17)26-24(22)31)13-2-4-14(5-3-13)28-6-7-33-12-15(28)11-29/h2-5,8-10,15,29-30H,6-7,11-12H2,1H3,(H,26,31). The van der Waals surface area contributed by atoms with Gasteiger partial charge in [-0.3, -0.25) is 4.79 Å². The van der Waals surface area contributed by atoms with Crippen molar-refractivity contribution in [1.29, 1.82) is 0 Å². The van der Waals surface area contributed by atoms with E-state index >= 15 is 0 Å². The number of morpholine rings is 1. The molecule has 2 aliphatic heterocycles. The molecule has 1 saturated heterocycles. The fourth-order valence-electron chi connectivity index (χ4n) is 4.22. The first kappa shape index (κ1) is 22.3. The van der Waals surface area contributed by atoms with Gasteiger partial charge in [0.2, 0.25) is 5.76 Å². The Morgan fingerprint density at radius 3 is 2.76 bits per heavy atom. The number of rotatable bonds is 5. The second-order valence-electron chi connectivity index (χ2n) is 7.94. The number of amides is 1. The summed E-state index contributed by atoms with van der Waals surface area (Å²) in [7, 11) is 1.42. The number of hydrogen-bond acceptors (Lipinski definition) is 8. The summed E-state index contributed by atoms with van der Waals surface area (Å²) in [4.78, 5) is 14.8. The lowest BCUT2D eigenvalue weighted by Gasteiger charge is -2.36. The van der Waals surface area contributed by atoms with Gasteiger partial charge in [0.05, 0.1) is 55.3 Å². The van der Waals surface area contributed by atoms with Crippen molar-refractivity contribution in [2.24, 2.45) is 0 Å². The Kier molecular flexibility index (Phi) is 5.91. The zero-order valence-corrected chi connectivity index (χ0v) is 19.0. The van der Waals surface area contributed by atoms with Crippen LogP contribution in [0.1, 0.15) is 11.3 Å². The minimum Gasteiger partial charge on any atom is -0.504 e. The van der Waals surface area contributed by atoms with Crippen molar-refractivity contribution in [1.82, 2.24) is 5.16 Å². The lowest BCUT2D eigenvalue weighted by molar-refractivity contribution is -0.110. The molecule has 176 valence electrons. The molecule has 0 aliphatic carbocycles. The molecule has 5 rings (SSSR count). The molecule has 2 aromatic carbocycles. The number of ether oxygens (including phenoxy) is 2. The van der Waals surface area contributed by atoms with Crippen molar-refractivity contribution >= 4 is 40.2 Å². The molecule has 3 aromatic rings. The molecule has 1 amide bonds. The zero-order chi connectivity index (χ0) is 23.8. The van der Waals surface area contributed by atoms with E-state index in [1.165, 1.54) is 13.2 Å². The molecular formula is C24H22ClN3O6. The molecule has 2 aliphatic rings. The van der Waals surface area contributed by atoms with Gasteiger partial charge in [-0.15, -0.1) is 0 Å². The topological polar surface area (TPSA) is 117 Å². The normalized spacial score (nSPS) is 19.1. The maximum absolute atomic E-state index is 12.7. The molecule has 34 heavy (non-hydrogen) atoms. The van der Waals surface area contributed by atoms with Crippen molar-refractivity contribution in [3.63, 3.8) is 0 Å². The lowest BCUT2D eigenvalue weighted by atomic mass is 9.98. The van der Waals surface area contributed by atoms with E-state index in [1.807, 2.05) is 24.3 Å². The summed E-state index contributed by atoms with van der Waals surface area (Å²) in [5.41, 5.74) is 3.55. The van der Waals surface area contributed by atoms with E-state index in [0.717, 1.165) is 11.3 Å². The number of nitrogens with zero attached hydrogens (tertiary/aromatic N) is 2. The number of methoxy groups -OCH3 is 1. The Morgan fingerprint density at radius 2 is 2.06 bits per heavy atom. The Morgan fingerprint density at radius 1 is 1.26 bits per heavy atom. The van der Waals surface area contributed by atoms with Crippen LogP contribution in [0.25, 0.3) is 22.5 Å². The maximum atomic E-state index is 12.7. The van der Waals surface area contributed by atoms with Crippen LogP contribution >= 0.6 is 11.6 Å². The van der Waals surface area contributed by atoms with Gasteiger partial charge in [-0.1, -0.05) is 23.7 Å². The van der Waals surface area contributed by atoms with Crippen LogP contribution in [-0.4, -0.2) is 60.8 Å². The van der Waals surface area contributed by atoms with Crippen LogP contribution in [0.15, 0.2) is 47.0 Å². The van der Waals surface area contributed by atoms with Crippen LogP contribution in [0.2, 0.25) is 5.02 Å². The minimum absolute atomic E-state index is 0.00903. The van der Waals surface area contributed by atoms with Crippen LogP contribution in [0.3, 0.4) is 0 Å². The third-order valence-electron chi connectivity index (χ3n) is 5.97. The van der Waals surface area contributed by atoms with E-state index in [-0.39, 0.29) is 35.6 Å². The zero-order valence-electron chi connectivity index (χ0n) is 18.2. The highest BCUT2D eigenvalue weighted by atomic mass is 35.5.